The van der Waals surface area contributed by atoms with E-state index in [1.54, 1.807) is 16.8 Å². The fourth-order valence-corrected chi connectivity index (χ4v) is 3.34. The van der Waals surface area contributed by atoms with Crippen molar-refractivity contribution < 1.29 is 38.1 Å². The van der Waals surface area contributed by atoms with Gasteiger partial charge in [-0.2, -0.15) is 13.2 Å². The number of aryl methyl sites for hydroxylation is 1. The quantitative estimate of drug-likeness (QED) is 0.474. The van der Waals surface area contributed by atoms with E-state index in [4.69, 9.17) is 9.90 Å². The van der Waals surface area contributed by atoms with Gasteiger partial charge < -0.3 is 20.6 Å². The van der Waals surface area contributed by atoms with Crippen LogP contribution in [0.5, 0.6) is 0 Å². The molecule has 2 aromatic heterocycles. The van der Waals surface area contributed by atoms with Crippen LogP contribution in [0, 0.1) is 0 Å². The molecule has 1 aliphatic carbocycles. The zero-order chi connectivity index (χ0) is 23.5. The van der Waals surface area contributed by atoms with Gasteiger partial charge in [-0.15, -0.1) is 0 Å². The number of alkyl halides is 3. The third kappa shape index (κ3) is 5.32. The Labute approximate surface area is 179 Å². The fraction of sp³-hybridized carbons (Fsp3) is 0.300. The minimum Gasteiger partial charge on any atom is -0.477 e. The van der Waals surface area contributed by atoms with Crippen molar-refractivity contribution in [2.45, 2.75) is 31.0 Å². The summed E-state index contributed by atoms with van der Waals surface area (Å²) in [4.78, 5) is 28.4. The van der Waals surface area contributed by atoms with Gasteiger partial charge in [0, 0.05) is 31.4 Å². The first-order valence-electron chi connectivity index (χ1n) is 9.39. The summed E-state index contributed by atoms with van der Waals surface area (Å²) in [6.07, 6.45) is 0.220. The predicted molar refractivity (Wildman–Crippen MR) is 106 cm³/mol. The molecule has 0 saturated heterocycles. The SMILES string of the molecule is O=C(O)C(F)(F)F.O=C(O)c1cc2nccn2c(NCC2(O)CCc3ccccc3C2)n1. The van der Waals surface area contributed by atoms with Crippen LogP contribution in [0.25, 0.3) is 5.65 Å². The van der Waals surface area contributed by atoms with Gasteiger partial charge in [0.05, 0.1) is 5.60 Å². The Hall–Kier alpha value is -3.67. The van der Waals surface area contributed by atoms with E-state index in [1.165, 1.54) is 11.6 Å². The maximum atomic E-state index is 11.2. The molecule has 4 rings (SSSR count). The highest BCUT2D eigenvalue weighted by atomic mass is 19.4. The number of aliphatic hydroxyl groups is 1. The highest BCUT2D eigenvalue weighted by Gasteiger charge is 2.38. The number of halogens is 3. The second-order valence-corrected chi connectivity index (χ2v) is 7.25. The van der Waals surface area contributed by atoms with Gasteiger partial charge in [0.1, 0.15) is 5.65 Å². The van der Waals surface area contributed by atoms with Crippen molar-refractivity contribution in [3.05, 3.63) is 59.5 Å². The summed E-state index contributed by atoms with van der Waals surface area (Å²) in [5.74, 6) is -3.51. The summed E-state index contributed by atoms with van der Waals surface area (Å²) in [5.41, 5.74) is 1.94. The minimum atomic E-state index is -5.08. The van der Waals surface area contributed by atoms with Crippen LogP contribution in [-0.4, -0.2) is 59.9 Å². The first-order valence-corrected chi connectivity index (χ1v) is 9.39. The van der Waals surface area contributed by atoms with E-state index in [2.05, 4.69) is 21.4 Å². The van der Waals surface area contributed by atoms with Gasteiger partial charge in [0.25, 0.3) is 0 Å². The second-order valence-electron chi connectivity index (χ2n) is 7.25. The van der Waals surface area contributed by atoms with Crippen LogP contribution in [0.4, 0.5) is 19.1 Å². The monoisotopic (exact) mass is 452 g/mol. The molecular formula is C20H19F3N4O5. The maximum absolute atomic E-state index is 11.2. The zero-order valence-electron chi connectivity index (χ0n) is 16.5. The second kappa shape index (κ2) is 8.83. The summed E-state index contributed by atoms with van der Waals surface area (Å²) in [6.45, 7) is 0.282. The molecule has 0 fully saturated rings. The number of rotatable bonds is 4. The molecule has 12 heteroatoms. The topological polar surface area (TPSA) is 137 Å². The average Bonchev–Trinajstić information content (AvgIpc) is 3.20. The molecule has 0 aliphatic heterocycles. The van der Waals surface area contributed by atoms with Crippen LogP contribution < -0.4 is 5.32 Å². The first kappa shape index (κ1) is 23.0. The largest absolute Gasteiger partial charge is 0.490 e. The number of nitrogens with zero attached hydrogens (tertiary/aromatic N) is 3. The summed E-state index contributed by atoms with van der Waals surface area (Å²) in [5, 5.41) is 30.4. The molecule has 0 bridgehead atoms. The molecule has 1 aliphatic rings. The zero-order valence-corrected chi connectivity index (χ0v) is 16.5. The standard InChI is InChI=1S/C18H18N4O3.C2HF3O2/c23-16(24)14-9-15-19-7-8-22(15)17(21-14)20-11-18(25)6-5-12-3-1-2-4-13(12)10-18;3-2(4,5)1(6)7/h1-4,7-9,25H,5-6,10-11H2,(H,20,21)(H,23,24);(H,6,7). The highest BCUT2D eigenvalue weighted by Crippen LogP contribution is 2.29. The van der Waals surface area contributed by atoms with Gasteiger partial charge in [0.2, 0.25) is 5.95 Å². The molecule has 1 unspecified atom stereocenters. The first-order chi connectivity index (χ1) is 15.0. The van der Waals surface area contributed by atoms with Gasteiger partial charge in [-0.3, -0.25) is 4.40 Å². The van der Waals surface area contributed by atoms with E-state index in [0.29, 0.717) is 24.4 Å². The lowest BCUT2D eigenvalue weighted by molar-refractivity contribution is -0.192. The summed E-state index contributed by atoms with van der Waals surface area (Å²) in [6, 6.07) is 9.54. The molecule has 0 amide bonds. The number of aliphatic carboxylic acids is 1. The Morgan fingerprint density at radius 1 is 1.19 bits per heavy atom. The van der Waals surface area contributed by atoms with Crippen molar-refractivity contribution in [2.75, 3.05) is 11.9 Å². The van der Waals surface area contributed by atoms with E-state index in [0.717, 1.165) is 12.0 Å². The average molecular weight is 452 g/mol. The molecular weight excluding hydrogens is 433 g/mol. The molecule has 0 saturated carbocycles. The molecule has 170 valence electrons. The number of imidazole rings is 1. The van der Waals surface area contributed by atoms with Crippen molar-refractivity contribution in [3.8, 4) is 0 Å². The third-order valence-corrected chi connectivity index (χ3v) is 4.92. The molecule has 3 aromatic rings. The van der Waals surface area contributed by atoms with Gasteiger partial charge in [-0.1, -0.05) is 24.3 Å². The number of carboxylic acid groups (broad SMARTS) is 2. The van der Waals surface area contributed by atoms with Crippen molar-refractivity contribution in [3.63, 3.8) is 0 Å². The van der Waals surface area contributed by atoms with E-state index in [1.807, 2.05) is 18.2 Å². The summed E-state index contributed by atoms with van der Waals surface area (Å²) >= 11 is 0. The number of anilines is 1. The normalized spacial score (nSPS) is 17.8. The summed E-state index contributed by atoms with van der Waals surface area (Å²) in [7, 11) is 0. The lowest BCUT2D eigenvalue weighted by Gasteiger charge is -2.33. The van der Waals surface area contributed by atoms with Crippen molar-refractivity contribution >= 4 is 23.5 Å². The smallest absolute Gasteiger partial charge is 0.477 e. The van der Waals surface area contributed by atoms with Crippen molar-refractivity contribution in [1.82, 2.24) is 14.4 Å². The van der Waals surface area contributed by atoms with Gasteiger partial charge in [0.15, 0.2) is 5.69 Å². The Balaban J connectivity index is 0.000000360. The number of fused-ring (bicyclic) bond motifs is 2. The molecule has 0 spiro atoms. The third-order valence-electron chi connectivity index (χ3n) is 4.92. The van der Waals surface area contributed by atoms with Gasteiger partial charge in [-0.05, 0) is 24.0 Å². The number of nitrogens with one attached hydrogen (secondary N) is 1. The van der Waals surface area contributed by atoms with Crippen LogP contribution in [0.3, 0.4) is 0 Å². The highest BCUT2D eigenvalue weighted by molar-refractivity contribution is 5.87. The van der Waals surface area contributed by atoms with Crippen LogP contribution in [0.2, 0.25) is 0 Å². The molecule has 9 nitrogen and oxygen atoms in total. The van der Waals surface area contributed by atoms with Crippen LogP contribution in [0.15, 0.2) is 42.7 Å². The number of hydrogen-bond acceptors (Lipinski definition) is 6. The van der Waals surface area contributed by atoms with Crippen molar-refractivity contribution in [2.24, 2.45) is 0 Å². The number of benzene rings is 1. The maximum Gasteiger partial charge on any atom is 0.490 e. The Morgan fingerprint density at radius 3 is 2.47 bits per heavy atom. The minimum absolute atomic E-state index is 0.0813. The number of aromatic carboxylic acids is 1. The molecule has 1 atom stereocenters. The summed E-state index contributed by atoms with van der Waals surface area (Å²) < 4.78 is 33.4. The Kier molecular flexibility index (Phi) is 6.35. The number of aromatic nitrogens is 3. The number of hydrogen-bond donors (Lipinski definition) is 4. The molecule has 0 radical (unpaired) electrons. The van der Waals surface area contributed by atoms with Gasteiger partial charge >= 0.3 is 18.1 Å². The van der Waals surface area contributed by atoms with Crippen LogP contribution >= 0.6 is 0 Å². The molecule has 2 heterocycles. The van der Waals surface area contributed by atoms with E-state index in [-0.39, 0.29) is 12.2 Å². The lowest BCUT2D eigenvalue weighted by atomic mass is 9.80. The molecule has 32 heavy (non-hydrogen) atoms. The van der Waals surface area contributed by atoms with E-state index < -0.39 is 23.7 Å². The lowest BCUT2D eigenvalue weighted by Crippen LogP contribution is -2.42. The van der Waals surface area contributed by atoms with Crippen molar-refractivity contribution in [1.29, 1.82) is 0 Å². The fourth-order valence-electron chi connectivity index (χ4n) is 3.34. The van der Waals surface area contributed by atoms with Crippen LogP contribution in [0.1, 0.15) is 28.0 Å². The Morgan fingerprint density at radius 2 is 1.84 bits per heavy atom. The van der Waals surface area contributed by atoms with Crippen LogP contribution in [-0.2, 0) is 17.6 Å². The number of carboxylic acids is 2. The van der Waals surface area contributed by atoms with Gasteiger partial charge in [-0.25, -0.2) is 19.6 Å². The Bertz CT molecular complexity index is 1150. The van der Waals surface area contributed by atoms with E-state index in [9.17, 15) is 28.2 Å². The number of carbonyl (C=O) groups is 2. The molecule has 4 N–H and O–H groups in total. The predicted octanol–water partition coefficient (Wildman–Crippen LogP) is 2.39. The molecule has 1 aromatic carbocycles. The van der Waals surface area contributed by atoms with E-state index >= 15 is 0 Å².